The van der Waals surface area contributed by atoms with E-state index < -0.39 is 17.7 Å². The lowest BCUT2D eigenvalue weighted by atomic mass is 9.89. The number of halogens is 3. The van der Waals surface area contributed by atoms with Gasteiger partial charge in [-0.1, -0.05) is 12.1 Å². The maximum Gasteiger partial charge on any atom is 0.416 e. The van der Waals surface area contributed by atoms with Gasteiger partial charge in [0.25, 0.3) is 5.91 Å². The van der Waals surface area contributed by atoms with Gasteiger partial charge in [-0.3, -0.25) is 9.59 Å². The van der Waals surface area contributed by atoms with Gasteiger partial charge in [-0.05, 0) is 31.0 Å². The molecular weight excluding hydrogens is 361 g/mol. The van der Waals surface area contributed by atoms with Gasteiger partial charge in [0, 0.05) is 30.6 Å². The number of benzene rings is 1. The van der Waals surface area contributed by atoms with E-state index in [1.807, 2.05) is 0 Å². The first-order valence-electron chi connectivity index (χ1n) is 8.45. The van der Waals surface area contributed by atoms with Crippen molar-refractivity contribution >= 4 is 11.7 Å². The molecule has 27 heavy (non-hydrogen) atoms. The number of nitrogens with zero attached hydrogens (tertiary/aromatic N) is 2. The Bertz CT molecular complexity index is 850. The monoisotopic (exact) mass is 378 g/mol. The predicted molar refractivity (Wildman–Crippen MR) is 89.8 cm³/mol. The molecule has 1 aliphatic rings. The van der Waals surface area contributed by atoms with Crippen LogP contribution >= 0.6 is 0 Å². The van der Waals surface area contributed by atoms with E-state index in [1.165, 1.54) is 41.6 Å². The second kappa shape index (κ2) is 7.38. The highest BCUT2D eigenvalue weighted by Crippen LogP contribution is 2.30. The van der Waals surface area contributed by atoms with Gasteiger partial charge in [0.1, 0.15) is 5.56 Å². The summed E-state index contributed by atoms with van der Waals surface area (Å²) in [7, 11) is 0. The van der Waals surface area contributed by atoms with Gasteiger partial charge in [-0.25, -0.2) is 0 Å². The summed E-state index contributed by atoms with van der Waals surface area (Å²) in [5.74, 6) is -1.11. The minimum absolute atomic E-state index is 0.173. The van der Waals surface area contributed by atoms with E-state index in [1.54, 1.807) is 0 Å². The Labute approximate surface area is 153 Å². The zero-order valence-corrected chi connectivity index (χ0v) is 14.3. The number of alkyl halides is 3. The SMILES string of the molecule is O=C(c1ccc(C(F)(F)F)cc1)[C@H]1CCCN(C(=O)c2ccc[n+]([O-])c2)C1. The number of hydrogen-bond donors (Lipinski definition) is 0. The molecule has 0 N–H and O–H groups in total. The number of carbonyl (C=O) groups is 2. The average molecular weight is 378 g/mol. The van der Waals surface area contributed by atoms with Crippen molar-refractivity contribution in [3.8, 4) is 0 Å². The molecule has 1 fully saturated rings. The topological polar surface area (TPSA) is 64.3 Å². The van der Waals surface area contributed by atoms with Crippen LogP contribution < -0.4 is 4.73 Å². The first-order valence-corrected chi connectivity index (χ1v) is 8.45. The summed E-state index contributed by atoms with van der Waals surface area (Å²) in [5.41, 5.74) is -0.385. The Hall–Kier alpha value is -2.90. The number of piperidine rings is 1. The van der Waals surface area contributed by atoms with Gasteiger partial charge in [0.05, 0.1) is 5.56 Å². The number of likely N-dealkylation sites (tertiary alicyclic amines) is 1. The molecule has 142 valence electrons. The van der Waals surface area contributed by atoms with Crippen LogP contribution in [-0.4, -0.2) is 29.7 Å². The van der Waals surface area contributed by atoms with Crippen LogP contribution in [-0.2, 0) is 6.18 Å². The third-order valence-corrected chi connectivity index (χ3v) is 4.60. The lowest BCUT2D eigenvalue weighted by Crippen LogP contribution is -2.43. The molecule has 2 heterocycles. The summed E-state index contributed by atoms with van der Waals surface area (Å²) in [4.78, 5) is 26.7. The Kier molecular flexibility index (Phi) is 5.16. The normalized spacial score (nSPS) is 17.6. The van der Waals surface area contributed by atoms with E-state index in [0.29, 0.717) is 24.1 Å². The van der Waals surface area contributed by atoms with Crippen molar-refractivity contribution in [1.29, 1.82) is 0 Å². The molecular formula is C19H17F3N2O3. The van der Waals surface area contributed by atoms with Crippen LogP contribution in [0.15, 0.2) is 48.8 Å². The molecule has 0 radical (unpaired) electrons. The highest BCUT2D eigenvalue weighted by Gasteiger charge is 2.32. The molecule has 1 atom stereocenters. The van der Waals surface area contributed by atoms with Crippen molar-refractivity contribution < 1.29 is 27.5 Å². The minimum Gasteiger partial charge on any atom is -0.619 e. The van der Waals surface area contributed by atoms with Crippen molar-refractivity contribution in [2.75, 3.05) is 13.1 Å². The van der Waals surface area contributed by atoms with Crippen molar-refractivity contribution in [3.63, 3.8) is 0 Å². The third-order valence-electron chi connectivity index (χ3n) is 4.60. The molecule has 3 rings (SSSR count). The molecule has 1 amide bonds. The molecule has 1 saturated heterocycles. The average Bonchev–Trinajstić information content (AvgIpc) is 2.66. The van der Waals surface area contributed by atoms with E-state index in [0.717, 1.165) is 12.1 Å². The molecule has 0 aliphatic carbocycles. The number of aromatic nitrogens is 1. The van der Waals surface area contributed by atoms with E-state index >= 15 is 0 Å². The van der Waals surface area contributed by atoms with Crippen LogP contribution in [0.5, 0.6) is 0 Å². The first kappa shape index (κ1) is 18.9. The summed E-state index contributed by atoms with van der Waals surface area (Å²) in [6.07, 6.45) is -0.857. The van der Waals surface area contributed by atoms with Crippen LogP contribution in [0.25, 0.3) is 0 Å². The molecule has 0 bridgehead atoms. The molecule has 1 aromatic heterocycles. The number of carbonyl (C=O) groups excluding carboxylic acids is 2. The Morgan fingerprint density at radius 3 is 2.44 bits per heavy atom. The number of rotatable bonds is 3. The van der Waals surface area contributed by atoms with Gasteiger partial charge in [-0.15, -0.1) is 0 Å². The molecule has 5 nitrogen and oxygen atoms in total. The summed E-state index contributed by atoms with van der Waals surface area (Å²) in [5, 5.41) is 11.3. The summed E-state index contributed by atoms with van der Waals surface area (Å²) in [6, 6.07) is 7.10. The zero-order valence-electron chi connectivity index (χ0n) is 14.3. The zero-order chi connectivity index (χ0) is 19.6. The van der Waals surface area contributed by atoms with E-state index in [9.17, 15) is 28.0 Å². The lowest BCUT2D eigenvalue weighted by molar-refractivity contribution is -0.605. The summed E-state index contributed by atoms with van der Waals surface area (Å²) >= 11 is 0. The van der Waals surface area contributed by atoms with Gasteiger partial charge in [0.2, 0.25) is 0 Å². The Morgan fingerprint density at radius 2 is 1.81 bits per heavy atom. The summed E-state index contributed by atoms with van der Waals surface area (Å²) < 4.78 is 38.5. The molecule has 8 heteroatoms. The Morgan fingerprint density at radius 1 is 1.11 bits per heavy atom. The van der Waals surface area contributed by atoms with E-state index in [4.69, 9.17) is 0 Å². The van der Waals surface area contributed by atoms with Crippen LogP contribution in [0, 0.1) is 11.1 Å². The van der Waals surface area contributed by atoms with Gasteiger partial charge in [0.15, 0.2) is 18.2 Å². The maximum absolute atomic E-state index is 12.7. The van der Waals surface area contributed by atoms with E-state index in [2.05, 4.69) is 0 Å². The van der Waals surface area contributed by atoms with Crippen molar-refractivity contribution in [2.24, 2.45) is 5.92 Å². The fourth-order valence-corrected chi connectivity index (χ4v) is 3.20. The number of Topliss-reactive ketones (excluding diaryl/α,β-unsaturated/α-hetero) is 1. The molecule has 1 aliphatic heterocycles. The highest BCUT2D eigenvalue weighted by molar-refractivity contribution is 5.99. The largest absolute Gasteiger partial charge is 0.619 e. The molecule has 2 aromatic rings. The first-order chi connectivity index (χ1) is 12.8. The van der Waals surface area contributed by atoms with Crippen molar-refractivity contribution in [2.45, 2.75) is 19.0 Å². The van der Waals surface area contributed by atoms with Crippen LogP contribution in [0.1, 0.15) is 39.1 Å². The molecule has 0 unspecified atom stereocenters. The third kappa shape index (κ3) is 4.27. The molecule has 0 spiro atoms. The lowest BCUT2D eigenvalue weighted by Gasteiger charge is -2.32. The van der Waals surface area contributed by atoms with Gasteiger partial charge >= 0.3 is 6.18 Å². The predicted octanol–water partition coefficient (Wildman–Crippen LogP) is 3.07. The number of pyridine rings is 1. The second-order valence-corrected chi connectivity index (χ2v) is 6.48. The van der Waals surface area contributed by atoms with Gasteiger partial charge < -0.3 is 10.1 Å². The minimum atomic E-state index is -4.45. The second-order valence-electron chi connectivity index (χ2n) is 6.48. The number of hydrogen-bond acceptors (Lipinski definition) is 3. The summed E-state index contributed by atoms with van der Waals surface area (Å²) in [6.45, 7) is 0.635. The Balaban J connectivity index is 1.72. The van der Waals surface area contributed by atoms with Gasteiger partial charge in [-0.2, -0.15) is 17.9 Å². The number of amides is 1. The maximum atomic E-state index is 12.7. The smallest absolute Gasteiger partial charge is 0.416 e. The fourth-order valence-electron chi connectivity index (χ4n) is 3.20. The highest BCUT2D eigenvalue weighted by atomic mass is 19.4. The van der Waals surface area contributed by atoms with Crippen molar-refractivity contribution in [3.05, 3.63) is 70.7 Å². The van der Waals surface area contributed by atoms with Crippen molar-refractivity contribution in [1.82, 2.24) is 4.90 Å². The standard InChI is InChI=1S/C19H17F3N2O3/c20-19(21,22)16-7-5-13(6-8-16)17(25)14-3-1-9-23(11-14)18(26)15-4-2-10-24(27)12-15/h2,4-8,10,12,14H,1,3,9,11H2/t14-/m0/s1. The van der Waals surface area contributed by atoms with Crippen LogP contribution in [0.3, 0.4) is 0 Å². The van der Waals surface area contributed by atoms with Crippen LogP contribution in [0.2, 0.25) is 0 Å². The number of ketones is 1. The molecule has 1 aromatic carbocycles. The molecule has 0 saturated carbocycles. The van der Waals surface area contributed by atoms with E-state index in [-0.39, 0.29) is 29.4 Å². The van der Waals surface area contributed by atoms with Crippen LogP contribution in [0.4, 0.5) is 13.2 Å². The quantitative estimate of drug-likeness (QED) is 0.468. The fraction of sp³-hybridized carbons (Fsp3) is 0.316.